The number of amides is 1. The van der Waals surface area contributed by atoms with Crippen molar-refractivity contribution in [3.8, 4) is 10.4 Å². The van der Waals surface area contributed by atoms with Crippen LogP contribution in [0.1, 0.15) is 21.8 Å². The van der Waals surface area contributed by atoms with E-state index in [1.807, 2.05) is 0 Å². The number of halogens is 3. The minimum absolute atomic E-state index is 0.0314. The predicted octanol–water partition coefficient (Wildman–Crippen LogP) is 2.56. The first kappa shape index (κ1) is 25.0. The Morgan fingerprint density at radius 1 is 1.14 bits per heavy atom. The topological polar surface area (TPSA) is 139 Å². The van der Waals surface area contributed by atoms with Gasteiger partial charge in [-0.1, -0.05) is 12.1 Å². The largest absolute Gasteiger partial charge is 0.417 e. The van der Waals surface area contributed by atoms with Crippen molar-refractivity contribution in [1.82, 2.24) is 14.3 Å². The predicted molar refractivity (Wildman–Crippen MR) is 122 cm³/mol. The maximum absolute atomic E-state index is 13.1. The number of β-amino-alcohol motifs (C(OH)–C–C–N with tert-alkyl or cyclic N) is 1. The van der Waals surface area contributed by atoms with E-state index in [9.17, 15) is 31.5 Å². The van der Waals surface area contributed by atoms with Crippen molar-refractivity contribution in [2.45, 2.75) is 29.6 Å². The number of aliphatic hydroxyl groups excluding tert-OH is 1. The number of primary amides is 1. The number of nitrogens with one attached hydrogen (secondary N) is 1. The zero-order chi connectivity index (χ0) is 25.4. The van der Waals surface area contributed by atoms with Gasteiger partial charge in [-0.25, -0.2) is 18.4 Å². The Hall–Kier alpha value is -3.07. The van der Waals surface area contributed by atoms with Gasteiger partial charge in [-0.05, 0) is 36.2 Å². The summed E-state index contributed by atoms with van der Waals surface area (Å²) in [6, 6.07) is 7.49. The molecule has 2 aromatic heterocycles. The molecule has 1 saturated heterocycles. The number of aromatic nitrogens is 2. The molecule has 0 spiro atoms. The number of anilines is 1. The van der Waals surface area contributed by atoms with Crippen LogP contribution in [0.5, 0.6) is 0 Å². The van der Waals surface area contributed by atoms with E-state index in [-0.39, 0.29) is 35.2 Å². The molecule has 3 heterocycles. The Labute approximate surface area is 202 Å². The lowest BCUT2D eigenvalue weighted by atomic mass is 10.0. The van der Waals surface area contributed by atoms with Crippen molar-refractivity contribution in [3.05, 3.63) is 59.4 Å². The van der Waals surface area contributed by atoms with Gasteiger partial charge < -0.3 is 16.2 Å². The van der Waals surface area contributed by atoms with Gasteiger partial charge in [-0.3, -0.25) is 4.79 Å². The Kier molecular flexibility index (Phi) is 6.81. The summed E-state index contributed by atoms with van der Waals surface area (Å²) in [5.74, 6) is -0.498. The molecule has 0 bridgehead atoms. The lowest BCUT2D eigenvalue weighted by Gasteiger charge is -2.35. The smallest absolute Gasteiger partial charge is 0.390 e. The van der Waals surface area contributed by atoms with E-state index in [0.29, 0.717) is 16.6 Å². The maximum atomic E-state index is 13.1. The van der Waals surface area contributed by atoms with Gasteiger partial charge in [-0.2, -0.15) is 17.5 Å². The molecule has 4 rings (SSSR count). The molecule has 2 atom stereocenters. The van der Waals surface area contributed by atoms with E-state index in [0.717, 1.165) is 27.8 Å². The number of aliphatic hydroxyl groups is 1. The third-order valence-corrected chi connectivity index (χ3v) is 8.40. The molecule has 0 saturated carbocycles. The Bertz CT molecular complexity index is 1310. The second-order valence-electron chi connectivity index (χ2n) is 7.82. The molecule has 1 fully saturated rings. The highest BCUT2D eigenvalue weighted by Crippen LogP contribution is 2.30. The van der Waals surface area contributed by atoms with Crippen LogP contribution in [-0.4, -0.2) is 58.9 Å². The number of carbonyl (C=O) groups is 1. The number of pyridine rings is 1. The molecule has 4 N–H and O–H groups in total. The number of rotatable bonds is 6. The fourth-order valence-electron chi connectivity index (χ4n) is 3.59. The summed E-state index contributed by atoms with van der Waals surface area (Å²) in [4.78, 5) is 19.6. The molecule has 14 heteroatoms. The fourth-order valence-corrected chi connectivity index (χ4v) is 5.83. The van der Waals surface area contributed by atoms with Crippen LogP contribution in [0.3, 0.4) is 0 Å². The normalized spacial score (nSPS) is 19.4. The van der Waals surface area contributed by atoms with Crippen molar-refractivity contribution in [2.75, 3.05) is 18.4 Å². The number of benzene rings is 1. The van der Waals surface area contributed by atoms with E-state index in [1.165, 1.54) is 18.3 Å². The highest BCUT2D eigenvalue weighted by atomic mass is 32.2. The maximum Gasteiger partial charge on any atom is 0.417 e. The van der Waals surface area contributed by atoms with Gasteiger partial charge in [0.2, 0.25) is 10.0 Å². The zero-order valence-corrected chi connectivity index (χ0v) is 19.6. The second kappa shape index (κ2) is 9.53. The van der Waals surface area contributed by atoms with E-state index in [2.05, 4.69) is 15.3 Å². The molecule has 0 aliphatic carbocycles. The second-order valence-corrected chi connectivity index (χ2v) is 10.8. The highest BCUT2D eigenvalue weighted by Gasteiger charge is 2.35. The summed E-state index contributed by atoms with van der Waals surface area (Å²) < 4.78 is 65.4. The number of nitrogens with two attached hydrogens (primary N) is 1. The monoisotopic (exact) mass is 527 g/mol. The van der Waals surface area contributed by atoms with Crippen molar-refractivity contribution >= 4 is 33.1 Å². The van der Waals surface area contributed by atoms with Crippen molar-refractivity contribution in [1.29, 1.82) is 0 Å². The first-order valence-corrected chi connectivity index (χ1v) is 12.5. The van der Waals surface area contributed by atoms with E-state index >= 15 is 0 Å². The molecule has 0 unspecified atom stereocenters. The van der Waals surface area contributed by atoms with Gasteiger partial charge in [0, 0.05) is 25.5 Å². The number of carbonyl (C=O) groups excluding carboxylic acids is 1. The molecule has 186 valence electrons. The van der Waals surface area contributed by atoms with E-state index in [4.69, 9.17) is 5.73 Å². The first-order chi connectivity index (χ1) is 16.4. The molecule has 35 heavy (non-hydrogen) atoms. The molecule has 3 aromatic rings. The molecule has 1 aliphatic heterocycles. The Morgan fingerprint density at radius 3 is 2.40 bits per heavy atom. The summed E-state index contributed by atoms with van der Waals surface area (Å²) in [5.41, 5.74) is 4.99. The lowest BCUT2D eigenvalue weighted by molar-refractivity contribution is -0.137. The Morgan fingerprint density at radius 2 is 1.86 bits per heavy atom. The Balaban J connectivity index is 1.41. The summed E-state index contributed by atoms with van der Waals surface area (Å²) in [6.07, 6.45) is -3.22. The van der Waals surface area contributed by atoms with Crippen LogP contribution in [0.15, 0.2) is 53.7 Å². The van der Waals surface area contributed by atoms with Crippen LogP contribution in [0, 0.1) is 0 Å². The van der Waals surface area contributed by atoms with Gasteiger partial charge in [0.25, 0.3) is 5.91 Å². The van der Waals surface area contributed by atoms with E-state index < -0.39 is 39.8 Å². The summed E-state index contributed by atoms with van der Waals surface area (Å²) >= 11 is 1.09. The quantitative estimate of drug-likeness (QED) is 0.448. The van der Waals surface area contributed by atoms with Crippen LogP contribution >= 0.6 is 11.3 Å². The minimum atomic E-state index is -4.50. The number of hydrogen-bond acceptors (Lipinski definition) is 8. The van der Waals surface area contributed by atoms with Crippen LogP contribution < -0.4 is 11.1 Å². The number of nitrogens with zero attached hydrogens (tertiary/aromatic N) is 3. The number of sulfonamides is 1. The third-order valence-electron chi connectivity index (χ3n) is 5.46. The minimum Gasteiger partial charge on any atom is -0.390 e. The molecule has 1 aliphatic rings. The standard InChI is InChI=1S/C21H20F3N5O4S2/c22-21(23,24)13-3-6-18(26-9-13)28-15-7-8-29(11-16(15)30)35(32,33)14-4-1-12(2-5-14)17-10-27-20(34-17)19(25)31/h1-6,9-10,15-16,30H,7-8,11H2,(H2,25,31)(H,26,28)/t15-,16+/m1/s1. The van der Waals surface area contributed by atoms with Crippen molar-refractivity contribution in [2.24, 2.45) is 5.73 Å². The average Bonchev–Trinajstić information content (AvgIpc) is 3.31. The van der Waals surface area contributed by atoms with Gasteiger partial charge in [-0.15, -0.1) is 11.3 Å². The van der Waals surface area contributed by atoms with Gasteiger partial charge in [0.15, 0.2) is 5.01 Å². The van der Waals surface area contributed by atoms with Gasteiger partial charge in [0.1, 0.15) is 5.82 Å². The fraction of sp³-hybridized carbons (Fsp3) is 0.286. The third kappa shape index (κ3) is 5.45. The zero-order valence-electron chi connectivity index (χ0n) is 17.9. The number of alkyl halides is 3. The van der Waals surface area contributed by atoms with Crippen LogP contribution in [0.2, 0.25) is 0 Å². The van der Waals surface area contributed by atoms with Crippen molar-refractivity contribution < 1.29 is 31.5 Å². The summed E-state index contributed by atoms with van der Waals surface area (Å²) in [7, 11) is -3.90. The summed E-state index contributed by atoms with van der Waals surface area (Å²) in [5, 5.41) is 13.5. The van der Waals surface area contributed by atoms with E-state index in [1.54, 1.807) is 12.1 Å². The van der Waals surface area contributed by atoms with Gasteiger partial charge >= 0.3 is 6.18 Å². The average molecular weight is 528 g/mol. The van der Waals surface area contributed by atoms with Crippen LogP contribution in [0.25, 0.3) is 10.4 Å². The number of hydrogen-bond donors (Lipinski definition) is 3. The summed E-state index contributed by atoms with van der Waals surface area (Å²) in [6.45, 7) is -0.102. The highest BCUT2D eigenvalue weighted by molar-refractivity contribution is 7.89. The van der Waals surface area contributed by atoms with Crippen molar-refractivity contribution in [3.63, 3.8) is 0 Å². The van der Waals surface area contributed by atoms with Crippen LogP contribution in [0.4, 0.5) is 19.0 Å². The molecule has 9 nitrogen and oxygen atoms in total. The lowest BCUT2D eigenvalue weighted by Crippen LogP contribution is -2.51. The molecular weight excluding hydrogens is 507 g/mol. The molecule has 1 amide bonds. The molecule has 1 aromatic carbocycles. The number of thiazole rings is 1. The number of piperidine rings is 1. The SMILES string of the molecule is NC(=O)c1ncc(-c2ccc(S(=O)(=O)N3CC[C@@H](Nc4ccc(C(F)(F)F)cn4)[C@@H](O)C3)cc2)s1. The van der Waals surface area contributed by atoms with Gasteiger partial charge in [0.05, 0.1) is 27.5 Å². The molecule has 0 radical (unpaired) electrons. The molecular formula is C21H20F3N5O4S2. The first-order valence-electron chi connectivity index (χ1n) is 10.3. The van der Waals surface area contributed by atoms with Crippen LogP contribution in [-0.2, 0) is 16.2 Å².